The second-order valence-electron chi connectivity index (χ2n) is 9.37. The van der Waals surface area contributed by atoms with Gasteiger partial charge in [0.25, 0.3) is 0 Å². The van der Waals surface area contributed by atoms with Crippen LogP contribution in [0.15, 0.2) is 48.5 Å². The lowest BCUT2D eigenvalue weighted by molar-refractivity contribution is -0.134. The Morgan fingerprint density at radius 3 is 2.38 bits per heavy atom. The molecule has 3 atom stereocenters. The number of carboxylic acids is 1. The number of ether oxygens (including phenoxy) is 1. The van der Waals surface area contributed by atoms with E-state index in [1.807, 2.05) is 24.3 Å². The number of benzene rings is 2. The van der Waals surface area contributed by atoms with Crippen molar-refractivity contribution >= 4 is 29.7 Å². The van der Waals surface area contributed by atoms with Gasteiger partial charge in [-0.05, 0) is 47.4 Å². The fourth-order valence-corrected chi connectivity index (χ4v) is 6.23. The molecule has 0 radical (unpaired) electrons. The van der Waals surface area contributed by atoms with Crippen molar-refractivity contribution in [2.75, 3.05) is 24.7 Å². The van der Waals surface area contributed by atoms with Crippen molar-refractivity contribution in [3.05, 3.63) is 59.7 Å². The van der Waals surface area contributed by atoms with Crippen LogP contribution in [0.3, 0.4) is 0 Å². The summed E-state index contributed by atoms with van der Waals surface area (Å²) in [6.45, 7) is 0.728. The van der Waals surface area contributed by atoms with E-state index in [2.05, 4.69) is 34.9 Å². The number of thioether (sulfide) groups is 1. The van der Waals surface area contributed by atoms with Gasteiger partial charge in [0, 0.05) is 24.3 Å². The van der Waals surface area contributed by atoms with Crippen LogP contribution in [0.2, 0.25) is 0 Å². The Bertz CT molecular complexity index is 1080. The standard InChI is InChI=1S/C26H28N2O5S/c29-23(30)15-34-10-9-27-24(31)26-12-16(26)11-17(13-26)28-25(32)33-14-22-20-7-3-1-5-18(20)19-6-2-4-8-21(19)22/h1-8,16-17,22H,9-15H2,(H,27,31)(H,28,32)(H,29,30)/t16-,17+,26+/m1/s1. The van der Waals surface area contributed by atoms with Gasteiger partial charge < -0.3 is 20.5 Å². The van der Waals surface area contributed by atoms with Gasteiger partial charge in [-0.3, -0.25) is 9.59 Å². The Kier molecular flexibility index (Phi) is 6.25. The molecule has 0 bridgehead atoms. The molecule has 0 saturated heterocycles. The molecule has 0 heterocycles. The van der Waals surface area contributed by atoms with E-state index in [4.69, 9.17) is 9.84 Å². The molecule has 2 aromatic carbocycles. The first kappa shape index (κ1) is 22.8. The molecule has 2 fully saturated rings. The predicted molar refractivity (Wildman–Crippen MR) is 130 cm³/mol. The Hall–Kier alpha value is -3.00. The van der Waals surface area contributed by atoms with Gasteiger partial charge in [-0.1, -0.05) is 48.5 Å². The summed E-state index contributed by atoms with van der Waals surface area (Å²) >= 11 is 1.29. The number of nitrogens with one attached hydrogen (secondary N) is 2. The number of fused-ring (bicyclic) bond motifs is 4. The maximum Gasteiger partial charge on any atom is 0.407 e. The third-order valence-electron chi connectivity index (χ3n) is 7.29. The van der Waals surface area contributed by atoms with E-state index in [0.717, 1.165) is 12.8 Å². The largest absolute Gasteiger partial charge is 0.481 e. The van der Waals surface area contributed by atoms with E-state index in [-0.39, 0.29) is 36.1 Å². The molecule has 34 heavy (non-hydrogen) atoms. The van der Waals surface area contributed by atoms with Crippen molar-refractivity contribution in [2.24, 2.45) is 11.3 Å². The normalized spacial score (nSPS) is 24.0. The lowest BCUT2D eigenvalue weighted by Gasteiger charge is -2.19. The minimum absolute atomic E-state index is 0.0188. The Morgan fingerprint density at radius 1 is 1.03 bits per heavy atom. The number of amides is 2. The van der Waals surface area contributed by atoms with Crippen LogP contribution in [0.4, 0.5) is 4.79 Å². The van der Waals surface area contributed by atoms with Crippen molar-refractivity contribution < 1.29 is 24.2 Å². The molecule has 8 heteroatoms. The molecule has 0 spiro atoms. The summed E-state index contributed by atoms with van der Waals surface area (Å²) in [6, 6.07) is 16.4. The monoisotopic (exact) mass is 480 g/mol. The summed E-state index contributed by atoms with van der Waals surface area (Å²) in [5.41, 5.74) is 4.35. The highest BCUT2D eigenvalue weighted by atomic mass is 32.2. The van der Waals surface area contributed by atoms with E-state index in [9.17, 15) is 14.4 Å². The lowest BCUT2D eigenvalue weighted by Crippen LogP contribution is -2.38. The highest BCUT2D eigenvalue weighted by Crippen LogP contribution is 2.63. The van der Waals surface area contributed by atoms with Crippen molar-refractivity contribution in [3.8, 4) is 11.1 Å². The topological polar surface area (TPSA) is 105 Å². The van der Waals surface area contributed by atoms with Gasteiger partial charge in [0.2, 0.25) is 5.91 Å². The van der Waals surface area contributed by atoms with Crippen LogP contribution in [-0.4, -0.2) is 53.8 Å². The summed E-state index contributed by atoms with van der Waals surface area (Å²) in [5, 5.41) is 14.6. The van der Waals surface area contributed by atoms with Gasteiger partial charge in [0.1, 0.15) is 6.61 Å². The molecular weight excluding hydrogens is 452 g/mol. The molecule has 3 aliphatic carbocycles. The Balaban J connectivity index is 1.10. The van der Waals surface area contributed by atoms with E-state index in [1.54, 1.807) is 0 Å². The third-order valence-corrected chi connectivity index (χ3v) is 8.23. The zero-order valence-electron chi connectivity index (χ0n) is 18.8. The zero-order valence-corrected chi connectivity index (χ0v) is 19.6. The van der Waals surface area contributed by atoms with E-state index < -0.39 is 17.5 Å². The van der Waals surface area contributed by atoms with Crippen molar-refractivity contribution in [2.45, 2.75) is 31.2 Å². The molecule has 7 nitrogen and oxygen atoms in total. The maximum absolute atomic E-state index is 12.7. The lowest BCUT2D eigenvalue weighted by atomic mass is 9.98. The van der Waals surface area contributed by atoms with Crippen LogP contribution in [0.1, 0.15) is 36.3 Å². The fourth-order valence-electron chi connectivity index (χ4n) is 5.67. The number of hydrogen-bond donors (Lipinski definition) is 3. The van der Waals surface area contributed by atoms with Gasteiger partial charge in [-0.15, -0.1) is 11.8 Å². The van der Waals surface area contributed by atoms with Crippen molar-refractivity contribution in [1.29, 1.82) is 0 Å². The molecule has 2 saturated carbocycles. The first-order valence-corrected chi connectivity index (χ1v) is 12.8. The average Bonchev–Trinajstić information content (AvgIpc) is 3.25. The van der Waals surface area contributed by atoms with Gasteiger partial charge in [-0.2, -0.15) is 0 Å². The van der Waals surface area contributed by atoms with Gasteiger partial charge in [0.15, 0.2) is 0 Å². The molecule has 0 aromatic heterocycles. The Morgan fingerprint density at radius 2 is 1.71 bits per heavy atom. The number of carboxylic acid groups (broad SMARTS) is 1. The smallest absolute Gasteiger partial charge is 0.407 e. The average molecular weight is 481 g/mol. The molecule has 0 aliphatic heterocycles. The molecule has 5 rings (SSSR count). The molecule has 178 valence electrons. The van der Waals surface area contributed by atoms with E-state index >= 15 is 0 Å². The number of rotatable bonds is 9. The summed E-state index contributed by atoms with van der Waals surface area (Å²) in [7, 11) is 0. The number of hydrogen-bond acceptors (Lipinski definition) is 5. The summed E-state index contributed by atoms with van der Waals surface area (Å²) in [4.78, 5) is 35.8. The van der Waals surface area contributed by atoms with Crippen molar-refractivity contribution in [3.63, 3.8) is 0 Å². The molecule has 3 aliphatic rings. The van der Waals surface area contributed by atoms with E-state index in [0.29, 0.717) is 18.7 Å². The number of carbonyl (C=O) groups is 3. The quantitative estimate of drug-likeness (QED) is 0.474. The molecule has 2 amide bonds. The minimum Gasteiger partial charge on any atom is -0.481 e. The first-order valence-electron chi connectivity index (χ1n) is 11.7. The van der Waals surface area contributed by atoms with Gasteiger partial charge in [-0.25, -0.2) is 4.79 Å². The van der Waals surface area contributed by atoms with Crippen LogP contribution in [-0.2, 0) is 14.3 Å². The number of aliphatic carboxylic acids is 1. The molecule has 2 aromatic rings. The summed E-state index contributed by atoms with van der Waals surface area (Å²) < 4.78 is 5.65. The first-order chi connectivity index (χ1) is 16.5. The molecular formula is C26H28N2O5S. The van der Waals surface area contributed by atoms with E-state index in [1.165, 1.54) is 34.0 Å². The molecule has 0 unspecified atom stereocenters. The van der Waals surface area contributed by atoms with Crippen LogP contribution in [0.5, 0.6) is 0 Å². The summed E-state index contributed by atoms with van der Waals surface area (Å²) in [5.74, 6) is 0.0837. The molecule has 3 N–H and O–H groups in total. The second-order valence-corrected chi connectivity index (χ2v) is 10.5. The third kappa shape index (κ3) is 4.39. The number of carbonyl (C=O) groups excluding carboxylic acids is 2. The zero-order chi connectivity index (χ0) is 23.7. The van der Waals surface area contributed by atoms with Gasteiger partial charge in [0.05, 0.1) is 11.2 Å². The predicted octanol–water partition coefficient (Wildman–Crippen LogP) is 3.63. The fraction of sp³-hybridized carbons (Fsp3) is 0.423. The van der Waals surface area contributed by atoms with Crippen LogP contribution in [0, 0.1) is 11.3 Å². The SMILES string of the molecule is O=C(O)CSCCNC(=O)[C@@]12C[C@@H](NC(=O)OCC3c4ccccc4-c4ccccc43)C[C@@H]1C2. The maximum atomic E-state index is 12.7. The van der Waals surface area contributed by atoms with Crippen molar-refractivity contribution in [1.82, 2.24) is 10.6 Å². The van der Waals surface area contributed by atoms with Crippen LogP contribution in [0.25, 0.3) is 11.1 Å². The Labute approximate surface area is 202 Å². The second kappa shape index (κ2) is 9.33. The minimum atomic E-state index is -0.852. The highest BCUT2D eigenvalue weighted by molar-refractivity contribution is 7.99. The van der Waals surface area contributed by atoms with Crippen LogP contribution >= 0.6 is 11.8 Å². The van der Waals surface area contributed by atoms with Crippen LogP contribution < -0.4 is 10.6 Å². The summed E-state index contributed by atoms with van der Waals surface area (Å²) in [6.07, 6.45) is 1.82. The number of alkyl carbamates (subject to hydrolysis) is 1. The van der Waals surface area contributed by atoms with Gasteiger partial charge >= 0.3 is 12.1 Å². The highest BCUT2D eigenvalue weighted by Gasteiger charge is 2.65.